The molecule has 2 fully saturated rings. The lowest BCUT2D eigenvalue weighted by molar-refractivity contribution is 0.101. The molecule has 2 aliphatic rings. The van der Waals surface area contributed by atoms with E-state index in [1.165, 1.54) is 6.07 Å². The first-order valence-electron chi connectivity index (χ1n) is 14.4. The highest BCUT2D eigenvalue weighted by molar-refractivity contribution is 7.09. The van der Waals surface area contributed by atoms with E-state index in [4.69, 9.17) is 20.0 Å². The molecule has 0 amide bonds. The third-order valence-corrected chi connectivity index (χ3v) is 9.35. The second kappa shape index (κ2) is 11.2. The van der Waals surface area contributed by atoms with Gasteiger partial charge in [-0.25, -0.2) is 9.37 Å². The minimum Gasteiger partial charge on any atom is -0.473 e. The zero-order chi connectivity index (χ0) is 29.5. The standard InChI is InChI=1S/C33H29FN6O2S/c1-20(41)22-7-8-28-30(12-22)40(17-25-16-36-19-43-25)32(37-28)13-23-9-10-39(29-14-26(23)29)31-3-2-4-33(38-31)42-18-24-6-5-21(15-35)11-27(24)34/h2-8,11-12,16,19,23,26,29H,9-10,13-14,17-18H2,1H3. The summed E-state index contributed by atoms with van der Waals surface area (Å²) in [5.74, 6) is 3.02. The van der Waals surface area contributed by atoms with E-state index in [2.05, 4.69) is 14.5 Å². The van der Waals surface area contributed by atoms with E-state index >= 15 is 0 Å². The van der Waals surface area contributed by atoms with E-state index in [0.29, 0.717) is 41.4 Å². The van der Waals surface area contributed by atoms with Crippen LogP contribution in [-0.4, -0.2) is 37.9 Å². The van der Waals surface area contributed by atoms with Gasteiger partial charge in [-0.2, -0.15) is 10.2 Å². The number of anilines is 1. The van der Waals surface area contributed by atoms with Gasteiger partial charge in [0.05, 0.1) is 34.7 Å². The molecule has 4 heterocycles. The predicted octanol–water partition coefficient (Wildman–Crippen LogP) is 6.19. The number of halogens is 1. The quantitative estimate of drug-likeness (QED) is 0.188. The summed E-state index contributed by atoms with van der Waals surface area (Å²) >= 11 is 1.63. The first-order valence-corrected chi connectivity index (χ1v) is 15.3. The van der Waals surface area contributed by atoms with Crippen LogP contribution in [0.4, 0.5) is 10.2 Å². The van der Waals surface area contributed by atoms with Gasteiger partial charge in [0.1, 0.15) is 24.1 Å². The molecular formula is C33H29FN6O2S. The molecule has 1 saturated carbocycles. The van der Waals surface area contributed by atoms with Crippen LogP contribution in [0.25, 0.3) is 11.0 Å². The Kier molecular flexibility index (Phi) is 7.11. The van der Waals surface area contributed by atoms with E-state index < -0.39 is 5.82 Å². The second-order valence-corrected chi connectivity index (χ2v) is 12.3. The smallest absolute Gasteiger partial charge is 0.215 e. The molecule has 3 unspecified atom stereocenters. The van der Waals surface area contributed by atoms with Crippen LogP contribution in [0.1, 0.15) is 52.0 Å². The van der Waals surface area contributed by atoms with Gasteiger partial charge < -0.3 is 14.2 Å². The van der Waals surface area contributed by atoms with Crippen LogP contribution in [-0.2, 0) is 19.6 Å². The number of benzene rings is 2. The minimum absolute atomic E-state index is 0.0402. The number of nitrogens with zero attached hydrogens (tertiary/aromatic N) is 6. The molecule has 0 N–H and O–H groups in total. The van der Waals surface area contributed by atoms with Crippen molar-refractivity contribution in [2.45, 2.75) is 45.4 Å². The third kappa shape index (κ3) is 5.48. The fraction of sp³-hybridized carbons (Fsp3) is 0.303. The predicted molar refractivity (Wildman–Crippen MR) is 162 cm³/mol. The van der Waals surface area contributed by atoms with Crippen molar-refractivity contribution in [1.29, 1.82) is 5.26 Å². The summed E-state index contributed by atoms with van der Waals surface area (Å²) in [4.78, 5) is 29.7. The van der Waals surface area contributed by atoms with Crippen LogP contribution in [0.3, 0.4) is 0 Å². The Labute approximate surface area is 252 Å². The fourth-order valence-corrected chi connectivity index (χ4v) is 6.83. The number of piperidine rings is 1. The number of nitriles is 1. The third-order valence-electron chi connectivity index (χ3n) is 8.59. The van der Waals surface area contributed by atoms with E-state index in [1.807, 2.05) is 48.1 Å². The van der Waals surface area contributed by atoms with Gasteiger partial charge in [0.2, 0.25) is 5.88 Å². The van der Waals surface area contributed by atoms with Crippen molar-refractivity contribution in [2.24, 2.45) is 11.8 Å². The van der Waals surface area contributed by atoms with E-state index in [1.54, 1.807) is 36.5 Å². The maximum absolute atomic E-state index is 14.3. The molecule has 1 aliphatic carbocycles. The first-order chi connectivity index (χ1) is 21.0. The minimum atomic E-state index is -0.460. The van der Waals surface area contributed by atoms with Gasteiger partial charge in [-0.15, -0.1) is 11.3 Å². The number of fused-ring (bicyclic) bond motifs is 2. The number of thiazole rings is 1. The molecule has 216 valence electrons. The number of ether oxygens (including phenoxy) is 1. The van der Waals surface area contributed by atoms with Crippen molar-refractivity contribution in [3.8, 4) is 11.9 Å². The maximum atomic E-state index is 14.3. The van der Waals surface area contributed by atoms with Gasteiger partial charge >= 0.3 is 0 Å². The normalized spacial score (nSPS) is 19.2. The first kappa shape index (κ1) is 27.2. The Morgan fingerprint density at radius 3 is 2.88 bits per heavy atom. The van der Waals surface area contributed by atoms with Crippen LogP contribution < -0.4 is 9.64 Å². The summed E-state index contributed by atoms with van der Waals surface area (Å²) in [7, 11) is 0. The lowest BCUT2D eigenvalue weighted by Gasteiger charge is -2.32. The number of aromatic nitrogens is 4. The summed E-state index contributed by atoms with van der Waals surface area (Å²) in [5.41, 5.74) is 5.11. The maximum Gasteiger partial charge on any atom is 0.215 e. The number of pyridine rings is 1. The monoisotopic (exact) mass is 592 g/mol. The Morgan fingerprint density at radius 1 is 1.19 bits per heavy atom. The van der Waals surface area contributed by atoms with Gasteiger partial charge in [-0.3, -0.25) is 9.78 Å². The van der Waals surface area contributed by atoms with Gasteiger partial charge in [-0.1, -0.05) is 12.1 Å². The molecule has 1 saturated heterocycles. The van der Waals surface area contributed by atoms with Gasteiger partial charge in [0.25, 0.3) is 0 Å². The van der Waals surface area contributed by atoms with Crippen molar-refractivity contribution < 1.29 is 13.9 Å². The fourth-order valence-electron chi connectivity index (χ4n) is 6.25. The zero-order valence-electron chi connectivity index (χ0n) is 23.6. The summed E-state index contributed by atoms with van der Waals surface area (Å²) in [6.07, 6.45) is 4.91. The number of hydrogen-bond acceptors (Lipinski definition) is 8. The average Bonchev–Trinajstić information content (AvgIpc) is 3.53. The Morgan fingerprint density at radius 2 is 2.09 bits per heavy atom. The highest BCUT2D eigenvalue weighted by Gasteiger charge is 2.50. The molecule has 0 radical (unpaired) electrons. The summed E-state index contributed by atoms with van der Waals surface area (Å²) in [6, 6.07) is 18.2. The highest BCUT2D eigenvalue weighted by Crippen LogP contribution is 2.49. The molecular weight excluding hydrogens is 563 g/mol. The molecule has 7 rings (SSSR count). The van der Waals surface area contributed by atoms with Crippen molar-refractivity contribution in [3.63, 3.8) is 0 Å². The highest BCUT2D eigenvalue weighted by atomic mass is 32.1. The average molecular weight is 593 g/mol. The Balaban J connectivity index is 1.06. The lowest BCUT2D eigenvalue weighted by Crippen LogP contribution is -2.36. The molecule has 10 heteroatoms. The molecule has 3 aromatic heterocycles. The molecule has 3 atom stereocenters. The van der Waals surface area contributed by atoms with Crippen molar-refractivity contribution in [1.82, 2.24) is 19.5 Å². The van der Waals surface area contributed by atoms with E-state index in [9.17, 15) is 9.18 Å². The summed E-state index contributed by atoms with van der Waals surface area (Å²) < 4.78 is 22.4. The van der Waals surface area contributed by atoms with Crippen molar-refractivity contribution in [3.05, 3.63) is 99.5 Å². The van der Waals surface area contributed by atoms with Crippen molar-refractivity contribution in [2.75, 3.05) is 11.4 Å². The Bertz CT molecular complexity index is 1860. The van der Waals surface area contributed by atoms with Crippen molar-refractivity contribution >= 4 is 34.0 Å². The summed E-state index contributed by atoms with van der Waals surface area (Å²) in [5, 5.41) is 8.97. The molecule has 0 spiro atoms. The van der Waals surface area contributed by atoms with E-state index in [0.717, 1.165) is 53.4 Å². The Hall–Kier alpha value is -4.62. The molecule has 2 aromatic carbocycles. The summed E-state index contributed by atoms with van der Waals surface area (Å²) in [6.45, 7) is 3.21. The lowest BCUT2D eigenvalue weighted by atomic mass is 9.92. The molecule has 5 aromatic rings. The van der Waals surface area contributed by atoms with Crippen LogP contribution in [0.5, 0.6) is 5.88 Å². The van der Waals surface area contributed by atoms with E-state index in [-0.39, 0.29) is 18.0 Å². The number of ketones is 1. The molecule has 0 bridgehead atoms. The number of imidazole rings is 1. The number of carbonyl (C=O) groups excluding carboxylic acids is 1. The largest absolute Gasteiger partial charge is 0.473 e. The molecule has 43 heavy (non-hydrogen) atoms. The van der Waals surface area contributed by atoms with Gasteiger partial charge in [0, 0.05) is 47.3 Å². The number of Topliss-reactive ketones (excluding diaryl/α,β-unsaturated/α-hetero) is 1. The second-order valence-electron chi connectivity index (χ2n) is 11.3. The van der Waals surface area contributed by atoms with Crippen LogP contribution in [0, 0.1) is 29.0 Å². The molecule has 8 nitrogen and oxygen atoms in total. The number of hydrogen-bond donors (Lipinski definition) is 0. The van der Waals surface area contributed by atoms with Crippen LogP contribution in [0.15, 0.2) is 66.3 Å². The van der Waals surface area contributed by atoms with Crippen LogP contribution >= 0.6 is 11.3 Å². The number of rotatable bonds is 9. The zero-order valence-corrected chi connectivity index (χ0v) is 24.4. The van der Waals surface area contributed by atoms with Gasteiger partial charge in [0.15, 0.2) is 5.78 Å². The van der Waals surface area contributed by atoms with Gasteiger partial charge in [-0.05, 0) is 68.0 Å². The number of carbonyl (C=O) groups is 1. The SMILES string of the molecule is CC(=O)c1ccc2nc(CC3CCN(c4cccc(OCc5ccc(C#N)cc5F)n4)C4CC34)n(Cc3cncs3)c2c1. The molecule has 1 aliphatic heterocycles. The van der Waals surface area contributed by atoms with Crippen LogP contribution in [0.2, 0.25) is 0 Å². The topological polar surface area (TPSA) is 96.9 Å².